The monoisotopic (exact) mass is 446 g/mol. The zero-order chi connectivity index (χ0) is 22.7. The van der Waals surface area contributed by atoms with E-state index in [0.717, 1.165) is 24.7 Å². The van der Waals surface area contributed by atoms with Gasteiger partial charge in [0.25, 0.3) is 0 Å². The van der Waals surface area contributed by atoms with Crippen molar-refractivity contribution < 1.29 is 4.79 Å². The van der Waals surface area contributed by atoms with Crippen molar-refractivity contribution in [3.05, 3.63) is 0 Å². The standard InChI is InChI=1S/C29H47ClO/c1-19-22(31)10-11-27(6)23-9-8-20-21-18-24(2,3)12-16-29(21,30)17-15-26(20,5)28(23,7)14-13-25(19,27)4/h19-21,23H,8-18H2,1-7H3. The number of rotatable bonds is 0. The zero-order valence-electron chi connectivity index (χ0n) is 21.4. The molecule has 5 saturated carbocycles. The van der Waals surface area contributed by atoms with Gasteiger partial charge >= 0.3 is 0 Å². The number of ketones is 1. The van der Waals surface area contributed by atoms with Crippen LogP contribution in [0.25, 0.3) is 0 Å². The number of Topliss-reactive ketones (excluding diaryl/α,β-unsaturated/α-hetero) is 1. The van der Waals surface area contributed by atoms with E-state index in [-0.39, 0.29) is 16.2 Å². The maximum absolute atomic E-state index is 12.8. The van der Waals surface area contributed by atoms with Crippen molar-refractivity contribution in [3.63, 3.8) is 0 Å². The van der Waals surface area contributed by atoms with Crippen LogP contribution in [0, 0.1) is 50.7 Å². The van der Waals surface area contributed by atoms with Crippen molar-refractivity contribution in [1.82, 2.24) is 0 Å². The van der Waals surface area contributed by atoms with E-state index in [9.17, 15) is 4.79 Å². The summed E-state index contributed by atoms with van der Waals surface area (Å²) >= 11 is 7.46. The lowest BCUT2D eigenvalue weighted by Crippen LogP contribution is -2.68. The predicted molar refractivity (Wildman–Crippen MR) is 130 cm³/mol. The van der Waals surface area contributed by atoms with Gasteiger partial charge in [0.15, 0.2) is 0 Å². The van der Waals surface area contributed by atoms with Crippen LogP contribution >= 0.6 is 11.6 Å². The van der Waals surface area contributed by atoms with Crippen LogP contribution in [0.1, 0.15) is 119 Å². The van der Waals surface area contributed by atoms with Gasteiger partial charge in [-0.3, -0.25) is 4.79 Å². The molecule has 31 heavy (non-hydrogen) atoms. The molecule has 9 unspecified atom stereocenters. The second-order valence-corrected chi connectivity index (χ2v) is 15.4. The summed E-state index contributed by atoms with van der Waals surface area (Å²) in [6.07, 6.45) is 13.5. The van der Waals surface area contributed by atoms with E-state index in [0.29, 0.717) is 33.4 Å². The maximum atomic E-state index is 12.8. The summed E-state index contributed by atoms with van der Waals surface area (Å²) < 4.78 is 0. The van der Waals surface area contributed by atoms with Crippen LogP contribution in [0.4, 0.5) is 0 Å². The molecule has 0 spiro atoms. The average Bonchev–Trinajstić information content (AvgIpc) is 2.70. The van der Waals surface area contributed by atoms with Crippen LogP contribution in [0.3, 0.4) is 0 Å². The molecule has 0 aromatic carbocycles. The van der Waals surface area contributed by atoms with Crippen molar-refractivity contribution in [2.45, 2.75) is 124 Å². The van der Waals surface area contributed by atoms with Gasteiger partial charge in [-0.05, 0) is 109 Å². The van der Waals surface area contributed by atoms with E-state index in [2.05, 4.69) is 48.5 Å². The third kappa shape index (κ3) is 2.71. The summed E-state index contributed by atoms with van der Waals surface area (Å²) in [4.78, 5) is 12.8. The molecule has 0 radical (unpaired) electrons. The molecule has 1 nitrogen and oxygen atoms in total. The molecule has 176 valence electrons. The fourth-order valence-electron chi connectivity index (χ4n) is 10.6. The lowest BCUT2D eigenvalue weighted by molar-refractivity contribution is -0.243. The Morgan fingerprint density at radius 2 is 1.29 bits per heavy atom. The van der Waals surface area contributed by atoms with Gasteiger partial charge in [-0.25, -0.2) is 0 Å². The van der Waals surface area contributed by atoms with Crippen molar-refractivity contribution >= 4 is 17.4 Å². The van der Waals surface area contributed by atoms with Crippen molar-refractivity contribution in [3.8, 4) is 0 Å². The topological polar surface area (TPSA) is 17.1 Å². The van der Waals surface area contributed by atoms with Gasteiger partial charge in [-0.1, -0.05) is 48.5 Å². The Hall–Kier alpha value is -0.0400. The molecule has 0 saturated heterocycles. The normalized spacial score (nSPS) is 58.5. The van der Waals surface area contributed by atoms with Crippen molar-refractivity contribution in [1.29, 1.82) is 0 Å². The first-order chi connectivity index (χ1) is 14.2. The van der Waals surface area contributed by atoms with Crippen LogP contribution in [-0.2, 0) is 4.79 Å². The van der Waals surface area contributed by atoms with Gasteiger partial charge in [-0.15, -0.1) is 11.6 Å². The van der Waals surface area contributed by atoms with Gasteiger partial charge in [0.2, 0.25) is 0 Å². The molecule has 0 aromatic rings. The largest absolute Gasteiger partial charge is 0.299 e. The molecule has 5 rings (SSSR count). The predicted octanol–water partition coefficient (Wildman–Crippen LogP) is 8.43. The molecule has 5 aliphatic rings. The molecule has 0 aromatic heterocycles. The Bertz CT molecular complexity index is 788. The number of hydrogen-bond donors (Lipinski definition) is 0. The highest BCUT2D eigenvalue weighted by Gasteiger charge is 2.71. The summed E-state index contributed by atoms with van der Waals surface area (Å²) in [5.74, 6) is 2.95. The summed E-state index contributed by atoms with van der Waals surface area (Å²) in [7, 11) is 0. The number of hydrogen-bond acceptors (Lipinski definition) is 1. The lowest BCUT2D eigenvalue weighted by Gasteiger charge is -2.74. The summed E-state index contributed by atoms with van der Waals surface area (Å²) in [6, 6.07) is 0. The highest BCUT2D eigenvalue weighted by molar-refractivity contribution is 6.24. The molecular formula is C29H47ClO. The Labute approximate surface area is 196 Å². The van der Waals surface area contributed by atoms with Gasteiger partial charge in [-0.2, -0.15) is 0 Å². The minimum Gasteiger partial charge on any atom is -0.299 e. The second kappa shape index (κ2) is 6.55. The minimum absolute atomic E-state index is 0.0573. The number of fused-ring (bicyclic) bond motifs is 7. The molecular weight excluding hydrogens is 400 g/mol. The number of halogens is 1. The fourth-order valence-corrected chi connectivity index (χ4v) is 11.0. The number of alkyl halides is 1. The van der Waals surface area contributed by atoms with E-state index in [1.54, 1.807) is 0 Å². The Morgan fingerprint density at radius 3 is 2.00 bits per heavy atom. The van der Waals surface area contributed by atoms with E-state index >= 15 is 0 Å². The summed E-state index contributed by atoms with van der Waals surface area (Å²) in [5, 5.41) is 0. The summed E-state index contributed by atoms with van der Waals surface area (Å²) in [6.45, 7) is 17.7. The first-order valence-corrected chi connectivity index (χ1v) is 13.8. The minimum atomic E-state index is 0.0573. The van der Waals surface area contributed by atoms with Gasteiger partial charge in [0, 0.05) is 17.2 Å². The molecule has 0 bridgehead atoms. The van der Waals surface area contributed by atoms with Crippen LogP contribution in [0.15, 0.2) is 0 Å². The highest BCUT2D eigenvalue weighted by atomic mass is 35.5. The molecule has 0 aliphatic heterocycles. The second-order valence-electron chi connectivity index (χ2n) is 14.6. The Morgan fingerprint density at radius 1 is 0.710 bits per heavy atom. The van der Waals surface area contributed by atoms with Gasteiger partial charge < -0.3 is 0 Å². The van der Waals surface area contributed by atoms with Crippen LogP contribution in [0.2, 0.25) is 0 Å². The van der Waals surface area contributed by atoms with Gasteiger partial charge in [0.05, 0.1) is 0 Å². The van der Waals surface area contributed by atoms with Gasteiger partial charge in [0.1, 0.15) is 5.78 Å². The van der Waals surface area contributed by atoms with Crippen LogP contribution in [-0.4, -0.2) is 10.7 Å². The Kier molecular flexibility index (Phi) is 4.80. The number of carbonyl (C=O) groups excluding carboxylic acids is 1. The van der Waals surface area contributed by atoms with Crippen LogP contribution in [0.5, 0.6) is 0 Å². The fraction of sp³-hybridized carbons (Fsp3) is 0.966. The molecule has 9 atom stereocenters. The smallest absolute Gasteiger partial charge is 0.136 e. The van der Waals surface area contributed by atoms with E-state index in [1.807, 2.05) is 0 Å². The van der Waals surface area contributed by atoms with E-state index in [1.165, 1.54) is 57.8 Å². The average molecular weight is 447 g/mol. The molecule has 5 fully saturated rings. The quantitative estimate of drug-likeness (QED) is 0.341. The van der Waals surface area contributed by atoms with E-state index < -0.39 is 0 Å². The number of carbonyl (C=O) groups is 1. The molecule has 0 amide bonds. The van der Waals surface area contributed by atoms with Crippen LogP contribution < -0.4 is 0 Å². The molecule has 0 heterocycles. The first kappa shape index (κ1) is 22.7. The maximum Gasteiger partial charge on any atom is 0.136 e. The lowest BCUT2D eigenvalue weighted by atomic mass is 9.31. The Balaban J connectivity index is 1.54. The van der Waals surface area contributed by atoms with Crippen molar-refractivity contribution in [2.75, 3.05) is 0 Å². The molecule has 0 N–H and O–H groups in total. The van der Waals surface area contributed by atoms with Crippen molar-refractivity contribution in [2.24, 2.45) is 50.7 Å². The first-order valence-electron chi connectivity index (χ1n) is 13.4. The third-order valence-corrected chi connectivity index (χ3v) is 14.1. The third-order valence-electron chi connectivity index (χ3n) is 13.4. The van der Waals surface area contributed by atoms with E-state index in [4.69, 9.17) is 11.6 Å². The summed E-state index contributed by atoms with van der Waals surface area (Å²) in [5.41, 5.74) is 1.68. The SMILES string of the molecule is CC1C(=O)CCC2(C)C3CCC4C5CC(C)(C)CCC5(Cl)CCC4(C)C3(C)CCC12C. The highest BCUT2D eigenvalue weighted by Crippen LogP contribution is 2.77. The molecule has 5 aliphatic carbocycles. The molecule has 2 heteroatoms. The zero-order valence-corrected chi connectivity index (χ0v) is 22.1.